The van der Waals surface area contributed by atoms with Gasteiger partial charge >= 0.3 is 5.97 Å². The van der Waals surface area contributed by atoms with Gasteiger partial charge in [0.2, 0.25) is 0 Å². The Morgan fingerprint density at radius 2 is 2.16 bits per heavy atom. The first-order chi connectivity index (χ1) is 9.08. The van der Waals surface area contributed by atoms with Gasteiger partial charge in [0.1, 0.15) is 0 Å². The van der Waals surface area contributed by atoms with Crippen LogP contribution in [0.4, 0.5) is 0 Å². The molecule has 1 aromatic rings. The molecule has 5 heteroatoms. The number of aryl methyl sites for hydroxylation is 1. The van der Waals surface area contributed by atoms with Gasteiger partial charge in [0.05, 0.1) is 5.56 Å². The summed E-state index contributed by atoms with van der Waals surface area (Å²) in [5.74, 6) is -0.883. The highest BCUT2D eigenvalue weighted by molar-refractivity contribution is 7.10. The van der Waals surface area contributed by atoms with E-state index in [1.165, 1.54) is 16.9 Å². The van der Waals surface area contributed by atoms with Crippen molar-refractivity contribution in [2.45, 2.75) is 51.5 Å². The number of aliphatic carboxylic acids is 1. The minimum Gasteiger partial charge on any atom is -0.481 e. The van der Waals surface area contributed by atoms with Gasteiger partial charge in [0, 0.05) is 22.7 Å². The smallest absolute Gasteiger partial charge is 0.303 e. The average molecular weight is 281 g/mol. The van der Waals surface area contributed by atoms with Gasteiger partial charge in [0.15, 0.2) is 0 Å². The number of carboxylic acids is 1. The maximum atomic E-state index is 12.2. The average Bonchev–Trinajstić information content (AvgIpc) is 2.80. The molecule has 0 aliphatic heterocycles. The Labute approximate surface area is 116 Å². The Morgan fingerprint density at radius 3 is 2.89 bits per heavy atom. The number of hydrogen-bond donors (Lipinski definition) is 2. The summed E-state index contributed by atoms with van der Waals surface area (Å²) in [7, 11) is 0. The fourth-order valence-electron chi connectivity index (χ4n) is 2.40. The first-order valence-corrected chi connectivity index (χ1v) is 7.57. The molecule has 0 bridgehead atoms. The van der Waals surface area contributed by atoms with E-state index < -0.39 is 5.97 Å². The van der Waals surface area contributed by atoms with Crippen molar-refractivity contribution in [2.75, 3.05) is 0 Å². The zero-order valence-electron chi connectivity index (χ0n) is 11.1. The number of carbonyl (C=O) groups excluding carboxylic acids is 1. The summed E-state index contributed by atoms with van der Waals surface area (Å²) in [5.41, 5.74) is 2.00. The second kappa shape index (κ2) is 6.19. The molecule has 1 atom stereocenters. The summed E-state index contributed by atoms with van der Waals surface area (Å²) >= 11 is 1.67. The van der Waals surface area contributed by atoms with E-state index in [1.54, 1.807) is 11.3 Å². The van der Waals surface area contributed by atoms with Gasteiger partial charge < -0.3 is 10.4 Å². The first-order valence-electron chi connectivity index (χ1n) is 6.70. The summed E-state index contributed by atoms with van der Waals surface area (Å²) in [4.78, 5) is 24.0. The first kappa shape index (κ1) is 14.1. The largest absolute Gasteiger partial charge is 0.481 e. The Balaban J connectivity index is 1.96. The molecule has 1 aliphatic carbocycles. The van der Waals surface area contributed by atoms with Crippen molar-refractivity contribution >= 4 is 23.2 Å². The summed E-state index contributed by atoms with van der Waals surface area (Å²) < 4.78 is 0. The molecule has 0 aromatic carbocycles. The van der Waals surface area contributed by atoms with Gasteiger partial charge in [0.25, 0.3) is 5.91 Å². The third-order valence-corrected chi connectivity index (χ3v) is 4.56. The van der Waals surface area contributed by atoms with Gasteiger partial charge in [-0.3, -0.25) is 9.59 Å². The van der Waals surface area contributed by atoms with E-state index in [4.69, 9.17) is 5.11 Å². The van der Waals surface area contributed by atoms with Crippen molar-refractivity contribution in [3.05, 3.63) is 21.4 Å². The minimum atomic E-state index is -0.825. The molecule has 2 rings (SSSR count). The van der Waals surface area contributed by atoms with Crippen LogP contribution in [0.15, 0.2) is 5.38 Å². The lowest BCUT2D eigenvalue weighted by atomic mass is 9.95. The molecule has 1 amide bonds. The summed E-state index contributed by atoms with van der Waals surface area (Å²) in [6, 6.07) is -0.109. The van der Waals surface area contributed by atoms with E-state index in [1.807, 2.05) is 12.3 Å². The molecular weight excluding hydrogens is 262 g/mol. The maximum Gasteiger partial charge on any atom is 0.303 e. The number of carboxylic acid groups (broad SMARTS) is 1. The van der Waals surface area contributed by atoms with Gasteiger partial charge in [-0.2, -0.15) is 0 Å². The number of rotatable bonds is 5. The van der Waals surface area contributed by atoms with Crippen molar-refractivity contribution in [2.24, 2.45) is 0 Å². The molecule has 104 valence electrons. The topological polar surface area (TPSA) is 66.4 Å². The van der Waals surface area contributed by atoms with E-state index in [0.717, 1.165) is 24.8 Å². The SMILES string of the molecule is CC(CCC(=O)O)NC(=O)c1csc2c1CCCC2. The molecule has 1 unspecified atom stereocenters. The Hall–Kier alpha value is -1.36. The van der Waals surface area contributed by atoms with Crippen LogP contribution in [-0.2, 0) is 17.6 Å². The van der Waals surface area contributed by atoms with E-state index in [9.17, 15) is 9.59 Å². The molecule has 1 aliphatic rings. The zero-order chi connectivity index (χ0) is 13.8. The minimum absolute atomic E-state index is 0.0581. The third-order valence-electron chi connectivity index (χ3n) is 3.47. The Morgan fingerprint density at radius 1 is 1.42 bits per heavy atom. The number of thiophene rings is 1. The quantitative estimate of drug-likeness (QED) is 0.872. The highest BCUT2D eigenvalue weighted by atomic mass is 32.1. The monoisotopic (exact) mass is 281 g/mol. The van der Waals surface area contributed by atoms with Crippen LogP contribution in [0.2, 0.25) is 0 Å². The predicted octanol–water partition coefficient (Wildman–Crippen LogP) is 2.61. The van der Waals surface area contributed by atoms with Gasteiger partial charge in [-0.25, -0.2) is 0 Å². The summed E-state index contributed by atoms with van der Waals surface area (Å²) in [6.45, 7) is 1.85. The second-order valence-corrected chi connectivity index (χ2v) is 6.03. The lowest BCUT2D eigenvalue weighted by molar-refractivity contribution is -0.137. The molecule has 2 N–H and O–H groups in total. The van der Waals surface area contributed by atoms with Crippen LogP contribution in [0.3, 0.4) is 0 Å². The zero-order valence-corrected chi connectivity index (χ0v) is 11.9. The lowest BCUT2D eigenvalue weighted by Gasteiger charge is -2.15. The third kappa shape index (κ3) is 3.56. The molecule has 19 heavy (non-hydrogen) atoms. The Kier molecular flexibility index (Phi) is 4.58. The Bertz CT molecular complexity index is 481. The van der Waals surface area contributed by atoms with Gasteiger partial charge in [-0.05, 0) is 44.6 Å². The molecule has 0 spiro atoms. The summed E-state index contributed by atoms with van der Waals surface area (Å²) in [5, 5.41) is 13.5. The van der Waals surface area contributed by atoms with Gasteiger partial charge in [-0.1, -0.05) is 0 Å². The maximum absolute atomic E-state index is 12.2. The molecule has 1 aromatic heterocycles. The van der Waals surface area contributed by atoms with Gasteiger partial charge in [-0.15, -0.1) is 11.3 Å². The van der Waals surface area contributed by atoms with Crippen molar-refractivity contribution in [1.29, 1.82) is 0 Å². The van der Waals surface area contributed by atoms with E-state index >= 15 is 0 Å². The molecule has 0 saturated carbocycles. The number of carbonyl (C=O) groups is 2. The van der Waals surface area contributed by atoms with E-state index in [2.05, 4.69) is 5.32 Å². The van der Waals surface area contributed by atoms with Crippen LogP contribution in [0.5, 0.6) is 0 Å². The van der Waals surface area contributed by atoms with E-state index in [-0.39, 0.29) is 18.4 Å². The summed E-state index contributed by atoms with van der Waals surface area (Å²) in [6.07, 6.45) is 4.99. The number of amides is 1. The van der Waals surface area contributed by atoms with E-state index in [0.29, 0.717) is 6.42 Å². The predicted molar refractivity (Wildman–Crippen MR) is 74.8 cm³/mol. The normalized spacial score (nSPS) is 15.6. The van der Waals surface area contributed by atoms with Crippen LogP contribution in [0.1, 0.15) is 53.4 Å². The molecular formula is C14H19NO3S. The number of hydrogen-bond acceptors (Lipinski definition) is 3. The van der Waals surface area contributed by atoms with Crippen molar-refractivity contribution in [3.63, 3.8) is 0 Å². The van der Waals surface area contributed by atoms with Crippen molar-refractivity contribution in [1.82, 2.24) is 5.32 Å². The fraction of sp³-hybridized carbons (Fsp3) is 0.571. The highest BCUT2D eigenvalue weighted by Crippen LogP contribution is 2.30. The fourth-order valence-corrected chi connectivity index (χ4v) is 3.52. The van der Waals surface area contributed by atoms with Crippen LogP contribution in [-0.4, -0.2) is 23.0 Å². The molecule has 0 saturated heterocycles. The van der Waals surface area contributed by atoms with Crippen LogP contribution >= 0.6 is 11.3 Å². The number of fused-ring (bicyclic) bond motifs is 1. The number of nitrogens with one attached hydrogen (secondary N) is 1. The van der Waals surface area contributed by atoms with Crippen molar-refractivity contribution < 1.29 is 14.7 Å². The lowest BCUT2D eigenvalue weighted by Crippen LogP contribution is -2.33. The molecule has 0 radical (unpaired) electrons. The van der Waals surface area contributed by atoms with Crippen LogP contribution < -0.4 is 5.32 Å². The second-order valence-electron chi connectivity index (χ2n) is 5.07. The molecule has 0 fully saturated rings. The molecule has 1 heterocycles. The standard InChI is InChI=1S/C14H19NO3S/c1-9(6-7-13(16)17)15-14(18)11-8-19-12-5-3-2-4-10(11)12/h8-9H,2-7H2,1H3,(H,15,18)(H,16,17). The van der Waals surface area contributed by atoms with Crippen molar-refractivity contribution in [3.8, 4) is 0 Å². The highest BCUT2D eigenvalue weighted by Gasteiger charge is 2.21. The van der Waals surface area contributed by atoms with Crippen LogP contribution in [0, 0.1) is 0 Å². The molecule has 4 nitrogen and oxygen atoms in total. The van der Waals surface area contributed by atoms with Crippen LogP contribution in [0.25, 0.3) is 0 Å².